The molecule has 5 aliphatic carbocycles. The molecule has 1 unspecified atom stereocenters. The summed E-state index contributed by atoms with van der Waals surface area (Å²) >= 11 is 0. The molecule has 2 aromatic carbocycles. The third-order valence-electron chi connectivity index (χ3n) is 18.7. The number of piperazine rings is 1. The number of hydrogen-bond acceptors (Lipinski definition) is 4. The van der Waals surface area contributed by atoms with Crippen molar-refractivity contribution in [1.29, 1.82) is 0 Å². The van der Waals surface area contributed by atoms with Gasteiger partial charge >= 0.3 is 5.97 Å². The van der Waals surface area contributed by atoms with Crippen LogP contribution in [0.2, 0.25) is 0 Å². The van der Waals surface area contributed by atoms with Gasteiger partial charge in [0.25, 0.3) is 0 Å². The molecule has 296 valence electrons. The van der Waals surface area contributed by atoms with Crippen LogP contribution in [-0.2, 0) is 6.54 Å². The molecule has 2 bridgehead atoms. The summed E-state index contributed by atoms with van der Waals surface area (Å²) in [6, 6.07) is 20.2. The number of aromatic carboxylic acids is 1. The van der Waals surface area contributed by atoms with Crippen molar-refractivity contribution in [2.24, 2.45) is 51.2 Å². The van der Waals surface area contributed by atoms with Crippen LogP contribution in [0, 0.1) is 51.2 Å². The van der Waals surface area contributed by atoms with E-state index in [2.05, 4.69) is 112 Å². The predicted molar refractivity (Wildman–Crippen MR) is 225 cm³/mol. The van der Waals surface area contributed by atoms with Crippen molar-refractivity contribution in [2.45, 2.75) is 130 Å². The first-order valence-corrected chi connectivity index (χ1v) is 22.2. The molecule has 2 aliphatic heterocycles. The number of nitrogens with zero attached hydrogens (tertiary/aromatic N) is 2. The Morgan fingerprint density at radius 2 is 1.56 bits per heavy atom. The van der Waals surface area contributed by atoms with Gasteiger partial charge in [-0.25, -0.2) is 4.79 Å². The molecule has 55 heavy (non-hydrogen) atoms. The maximum absolute atomic E-state index is 11.6. The number of likely N-dealkylation sites (tertiary alicyclic amines) is 2. The standard InChI is InChI=1S/C50H69N3O2/c1-33(2)39-19-24-50(51-27-28-52-31-38-29-37(52)32-53(38)30-34-11-9-8-10-12-34)26-25-48(6)41(44(39)50)17-18-43-47(5)22-20-40(35-13-15-36(16-14-35)45(54)55)46(3,4)42(47)21-23-49(43,48)7/h8-16,20,37-39,41-44,51H,1,17-19,21-32H2,2-7H3,(H,54,55)/t37?,38-,39-,41+,42-,43+,44+,47-,48+,49+,50-/m0/s1. The average Bonchev–Trinajstić information content (AvgIpc) is 3.85. The van der Waals surface area contributed by atoms with E-state index in [0.29, 0.717) is 52.1 Å². The number of rotatable bonds is 9. The van der Waals surface area contributed by atoms with Gasteiger partial charge < -0.3 is 10.4 Å². The first kappa shape index (κ1) is 37.8. The Hall–Kier alpha value is -2.73. The van der Waals surface area contributed by atoms with Crippen molar-refractivity contribution in [2.75, 3.05) is 26.2 Å². The van der Waals surface area contributed by atoms with Gasteiger partial charge in [0.1, 0.15) is 0 Å². The zero-order valence-electron chi connectivity index (χ0n) is 34.9. The molecule has 6 fully saturated rings. The molecular formula is C50H69N3O2. The highest BCUT2D eigenvalue weighted by Crippen LogP contribution is 2.76. The van der Waals surface area contributed by atoms with Crippen molar-refractivity contribution < 1.29 is 9.90 Å². The lowest BCUT2D eigenvalue weighted by Gasteiger charge is -2.72. The van der Waals surface area contributed by atoms with Gasteiger partial charge in [-0.15, -0.1) is 0 Å². The van der Waals surface area contributed by atoms with Gasteiger partial charge in [0, 0.05) is 50.3 Å². The molecule has 2 heterocycles. The fraction of sp³-hybridized carbons (Fsp3) is 0.660. The molecule has 0 amide bonds. The molecule has 5 nitrogen and oxygen atoms in total. The largest absolute Gasteiger partial charge is 0.478 e. The topological polar surface area (TPSA) is 55.8 Å². The van der Waals surface area contributed by atoms with E-state index in [4.69, 9.17) is 0 Å². The van der Waals surface area contributed by atoms with Crippen LogP contribution in [0.4, 0.5) is 0 Å². The molecule has 4 saturated carbocycles. The lowest BCUT2D eigenvalue weighted by atomic mass is 9.33. The highest BCUT2D eigenvalue weighted by atomic mass is 16.4. The molecule has 7 aliphatic rings. The van der Waals surface area contributed by atoms with Crippen LogP contribution in [0.1, 0.15) is 127 Å². The van der Waals surface area contributed by atoms with E-state index >= 15 is 0 Å². The summed E-state index contributed by atoms with van der Waals surface area (Å²) in [7, 11) is 0. The Morgan fingerprint density at radius 1 is 0.836 bits per heavy atom. The smallest absolute Gasteiger partial charge is 0.335 e. The monoisotopic (exact) mass is 744 g/mol. The highest BCUT2D eigenvalue weighted by Gasteiger charge is 2.70. The fourth-order valence-corrected chi connectivity index (χ4v) is 15.9. The number of carboxylic acids is 1. The quantitative estimate of drug-likeness (QED) is 0.251. The van der Waals surface area contributed by atoms with Crippen LogP contribution in [0.15, 0.2) is 72.8 Å². The van der Waals surface area contributed by atoms with Crippen molar-refractivity contribution in [3.8, 4) is 0 Å². The first-order chi connectivity index (χ1) is 26.2. The minimum absolute atomic E-state index is 0.0357. The normalized spacial score (nSPS) is 41.9. The Morgan fingerprint density at radius 3 is 2.25 bits per heavy atom. The SMILES string of the molecule is C=C(C)[C@@H]1CC[C@]2(NCCN3C[C@@H]4CC3CN4Cc3ccccc3)CC[C@]3(C)[C@H](CC[C@@H]4[C@@]5(C)CC=C(c6ccc(C(=O)O)cc6)C(C)(C)[C@@H]5CC[C@]43C)[C@@H]12. The summed E-state index contributed by atoms with van der Waals surface area (Å²) < 4.78 is 0. The minimum Gasteiger partial charge on any atom is -0.478 e. The van der Waals surface area contributed by atoms with Gasteiger partial charge in [-0.2, -0.15) is 0 Å². The summed E-state index contributed by atoms with van der Waals surface area (Å²) in [5.41, 5.74) is 7.06. The molecule has 0 radical (unpaired) electrons. The van der Waals surface area contributed by atoms with E-state index in [-0.39, 0.29) is 16.4 Å². The molecule has 0 aromatic heterocycles. The molecule has 5 heteroatoms. The second-order valence-electron chi connectivity index (χ2n) is 21.1. The zero-order chi connectivity index (χ0) is 38.5. The van der Waals surface area contributed by atoms with E-state index in [1.165, 1.54) is 99.7 Å². The molecule has 11 atom stereocenters. The third kappa shape index (κ3) is 5.74. The maximum Gasteiger partial charge on any atom is 0.335 e. The summed E-state index contributed by atoms with van der Waals surface area (Å²) in [6.07, 6.45) is 15.6. The van der Waals surface area contributed by atoms with Crippen molar-refractivity contribution in [1.82, 2.24) is 15.1 Å². The minimum atomic E-state index is -0.852. The lowest BCUT2D eigenvalue weighted by molar-refractivity contribution is -0.219. The Labute approximate surface area is 332 Å². The van der Waals surface area contributed by atoms with Gasteiger partial charge in [-0.1, -0.05) is 95.3 Å². The van der Waals surface area contributed by atoms with Crippen LogP contribution in [0.3, 0.4) is 0 Å². The second-order valence-corrected chi connectivity index (χ2v) is 21.1. The summed E-state index contributed by atoms with van der Waals surface area (Å²) in [4.78, 5) is 17.2. The van der Waals surface area contributed by atoms with E-state index in [9.17, 15) is 9.90 Å². The van der Waals surface area contributed by atoms with E-state index in [1.54, 1.807) is 12.1 Å². The number of carboxylic acid groups (broad SMARTS) is 1. The van der Waals surface area contributed by atoms with Crippen LogP contribution < -0.4 is 5.32 Å². The van der Waals surface area contributed by atoms with Crippen molar-refractivity contribution in [3.63, 3.8) is 0 Å². The first-order valence-electron chi connectivity index (χ1n) is 22.2. The number of benzene rings is 2. The number of carbonyl (C=O) groups is 1. The Bertz CT molecular complexity index is 1830. The summed E-state index contributed by atoms with van der Waals surface area (Å²) in [5, 5.41) is 13.9. The van der Waals surface area contributed by atoms with Crippen LogP contribution in [0.25, 0.3) is 5.57 Å². The second kappa shape index (κ2) is 13.4. The molecule has 9 rings (SSSR count). The summed E-state index contributed by atoms with van der Waals surface area (Å²) in [5.74, 6) is 2.53. The van der Waals surface area contributed by atoms with Crippen LogP contribution in [-0.4, -0.2) is 64.7 Å². The maximum atomic E-state index is 11.6. The third-order valence-corrected chi connectivity index (χ3v) is 18.7. The lowest BCUT2D eigenvalue weighted by Crippen LogP contribution is -2.68. The molecular weight excluding hydrogens is 675 g/mol. The molecule has 2 N–H and O–H groups in total. The van der Waals surface area contributed by atoms with Crippen LogP contribution in [0.5, 0.6) is 0 Å². The number of fused-ring (bicyclic) bond motifs is 9. The number of hydrogen-bond donors (Lipinski definition) is 2. The van der Waals surface area contributed by atoms with E-state index in [1.807, 2.05) is 0 Å². The predicted octanol–water partition coefficient (Wildman–Crippen LogP) is 10.3. The van der Waals surface area contributed by atoms with Gasteiger partial charge in [0.15, 0.2) is 0 Å². The van der Waals surface area contributed by atoms with Gasteiger partial charge in [-0.3, -0.25) is 9.80 Å². The number of nitrogens with one attached hydrogen (secondary N) is 1. The van der Waals surface area contributed by atoms with Gasteiger partial charge in [0.05, 0.1) is 5.56 Å². The van der Waals surface area contributed by atoms with Gasteiger partial charge in [0.2, 0.25) is 0 Å². The Balaban J connectivity index is 0.919. The average molecular weight is 744 g/mol. The fourth-order valence-electron chi connectivity index (χ4n) is 15.9. The summed E-state index contributed by atoms with van der Waals surface area (Å²) in [6.45, 7) is 26.1. The molecule has 2 aromatic rings. The van der Waals surface area contributed by atoms with Gasteiger partial charge in [-0.05, 0) is 151 Å². The Kier molecular flexibility index (Phi) is 9.23. The van der Waals surface area contributed by atoms with Crippen LogP contribution >= 0.6 is 0 Å². The zero-order valence-corrected chi connectivity index (χ0v) is 34.9. The highest BCUT2D eigenvalue weighted by molar-refractivity contribution is 5.88. The van der Waals surface area contributed by atoms with E-state index in [0.717, 1.165) is 25.4 Å². The van der Waals surface area contributed by atoms with Crippen molar-refractivity contribution >= 4 is 11.5 Å². The molecule has 2 saturated heterocycles. The number of allylic oxidation sites excluding steroid dienone is 3. The van der Waals surface area contributed by atoms with E-state index < -0.39 is 5.97 Å². The van der Waals surface area contributed by atoms with Crippen molar-refractivity contribution in [3.05, 3.63) is 89.5 Å². The molecule has 0 spiro atoms.